The molecule has 3 saturated heterocycles. The van der Waals surface area contributed by atoms with E-state index in [1.165, 1.54) is 21.2 Å². The molecule has 3 aliphatic heterocycles. The summed E-state index contributed by atoms with van der Waals surface area (Å²) < 4.78 is 21.9. The van der Waals surface area contributed by atoms with Gasteiger partial charge in [-0.05, 0) is 55.5 Å². The predicted molar refractivity (Wildman–Crippen MR) is 122 cm³/mol. The Hall–Kier alpha value is -1.77. The molecule has 3 fully saturated rings. The molecule has 0 radical (unpaired) electrons. The highest BCUT2D eigenvalue weighted by Gasteiger charge is 2.31. The number of epoxide rings is 3. The number of hydrogen-bond donors (Lipinski definition) is 0. The lowest BCUT2D eigenvalue weighted by molar-refractivity contribution is 0.146. The first kappa shape index (κ1) is 21.1. The van der Waals surface area contributed by atoms with Crippen molar-refractivity contribution in [1.29, 1.82) is 0 Å². The molecule has 0 spiro atoms. The van der Waals surface area contributed by atoms with E-state index in [0.717, 1.165) is 39.5 Å². The van der Waals surface area contributed by atoms with Crippen LogP contribution < -0.4 is 9.80 Å². The normalized spacial score (nSPS) is 23.5. The molecular formula is C24H30N2O4S. The van der Waals surface area contributed by atoms with Crippen molar-refractivity contribution in [3.8, 4) is 0 Å². The van der Waals surface area contributed by atoms with Gasteiger partial charge in [0, 0.05) is 47.4 Å². The zero-order valence-electron chi connectivity index (χ0n) is 17.9. The summed E-state index contributed by atoms with van der Waals surface area (Å²) in [6.45, 7) is 8.70. The van der Waals surface area contributed by atoms with Gasteiger partial charge in [0.25, 0.3) is 0 Å². The quantitative estimate of drug-likeness (QED) is 0.347. The first-order valence-corrected chi connectivity index (χ1v) is 11.9. The minimum absolute atomic E-state index is 0.338. The molecule has 0 N–H and O–H groups in total. The van der Waals surface area contributed by atoms with Gasteiger partial charge in [-0.25, -0.2) is 0 Å². The summed E-state index contributed by atoms with van der Waals surface area (Å²) >= 11 is 1.78. The standard InChI is InChI=1S/C24H30N2O4S/c1-2-27-17-26(13-22-16-30-22)19-5-9-24(10-6-19)31-23-7-3-18(4-8-23)25(11-20-14-28-20)12-21-15-29-21/h3-10,20-22H,2,11-17H2,1H3. The fraction of sp³-hybridized carbons (Fsp3) is 0.500. The molecule has 3 unspecified atom stereocenters. The molecule has 0 amide bonds. The van der Waals surface area contributed by atoms with Crippen molar-refractivity contribution in [1.82, 2.24) is 0 Å². The summed E-state index contributed by atoms with van der Waals surface area (Å²) in [5.41, 5.74) is 2.41. The Balaban J connectivity index is 1.20. The van der Waals surface area contributed by atoms with Crippen LogP contribution in [0.4, 0.5) is 11.4 Å². The number of benzene rings is 2. The second-order valence-electron chi connectivity index (χ2n) is 8.21. The van der Waals surface area contributed by atoms with Gasteiger partial charge in [0.1, 0.15) is 6.73 Å². The van der Waals surface area contributed by atoms with Gasteiger partial charge in [0.05, 0.1) is 38.1 Å². The molecular weight excluding hydrogens is 412 g/mol. The topological polar surface area (TPSA) is 53.3 Å². The van der Waals surface area contributed by atoms with Crippen LogP contribution in [0.2, 0.25) is 0 Å². The van der Waals surface area contributed by atoms with E-state index in [2.05, 4.69) is 58.3 Å². The summed E-state index contributed by atoms with van der Waals surface area (Å²) in [6, 6.07) is 17.5. The first-order chi connectivity index (χ1) is 15.3. The summed E-state index contributed by atoms with van der Waals surface area (Å²) in [4.78, 5) is 7.09. The molecule has 6 nitrogen and oxygen atoms in total. The smallest absolute Gasteiger partial charge is 0.119 e. The molecule has 0 aromatic heterocycles. The second kappa shape index (κ2) is 9.79. The predicted octanol–water partition coefficient (Wildman–Crippen LogP) is 3.64. The Labute approximate surface area is 188 Å². The van der Waals surface area contributed by atoms with Gasteiger partial charge in [-0.2, -0.15) is 0 Å². The number of hydrogen-bond acceptors (Lipinski definition) is 7. The van der Waals surface area contributed by atoms with E-state index in [0.29, 0.717) is 31.6 Å². The molecule has 0 saturated carbocycles. The van der Waals surface area contributed by atoms with E-state index in [1.54, 1.807) is 11.8 Å². The molecule has 2 aromatic rings. The average Bonchev–Trinajstić information content (AvgIpc) is 3.62. The summed E-state index contributed by atoms with van der Waals surface area (Å²) in [7, 11) is 0. The van der Waals surface area contributed by atoms with Crippen LogP contribution in [0, 0.1) is 0 Å². The Bertz CT molecular complexity index is 822. The van der Waals surface area contributed by atoms with Crippen molar-refractivity contribution in [3.63, 3.8) is 0 Å². The van der Waals surface area contributed by atoms with E-state index in [9.17, 15) is 0 Å². The molecule has 7 heteroatoms. The van der Waals surface area contributed by atoms with Gasteiger partial charge in [-0.3, -0.25) is 0 Å². The first-order valence-electron chi connectivity index (χ1n) is 11.1. The molecule has 5 rings (SSSR count). The second-order valence-corrected chi connectivity index (χ2v) is 9.35. The summed E-state index contributed by atoms with van der Waals surface area (Å²) in [5, 5.41) is 0. The van der Waals surface area contributed by atoms with E-state index >= 15 is 0 Å². The van der Waals surface area contributed by atoms with E-state index in [-0.39, 0.29) is 0 Å². The maximum atomic E-state index is 5.64. The number of nitrogens with zero attached hydrogens (tertiary/aromatic N) is 2. The van der Waals surface area contributed by atoms with Gasteiger partial charge in [-0.15, -0.1) is 0 Å². The molecule has 3 heterocycles. The number of anilines is 2. The Morgan fingerprint density at radius 2 is 1.16 bits per heavy atom. The van der Waals surface area contributed by atoms with Crippen molar-refractivity contribution >= 4 is 23.1 Å². The van der Waals surface area contributed by atoms with Crippen molar-refractivity contribution in [2.45, 2.75) is 35.0 Å². The number of rotatable bonds is 13. The van der Waals surface area contributed by atoms with E-state index in [1.807, 2.05) is 6.92 Å². The third kappa shape index (κ3) is 6.37. The molecule has 166 valence electrons. The molecule has 2 aromatic carbocycles. The van der Waals surface area contributed by atoms with Crippen molar-refractivity contribution in [2.75, 3.05) is 62.6 Å². The summed E-state index contributed by atoms with van der Waals surface area (Å²) in [5.74, 6) is 0. The van der Waals surface area contributed by atoms with Crippen LogP contribution in [-0.2, 0) is 18.9 Å². The van der Waals surface area contributed by atoms with E-state index < -0.39 is 0 Å². The maximum absolute atomic E-state index is 5.64. The monoisotopic (exact) mass is 442 g/mol. The Kier molecular flexibility index (Phi) is 6.66. The van der Waals surface area contributed by atoms with Gasteiger partial charge in [-0.1, -0.05) is 11.8 Å². The Morgan fingerprint density at radius 1 is 0.742 bits per heavy atom. The highest BCUT2D eigenvalue weighted by molar-refractivity contribution is 7.99. The summed E-state index contributed by atoms with van der Waals surface area (Å²) in [6.07, 6.45) is 1.09. The largest absolute Gasteiger partial charge is 0.371 e. The zero-order valence-corrected chi connectivity index (χ0v) is 18.8. The third-order valence-electron chi connectivity index (χ3n) is 5.57. The molecule has 3 aliphatic rings. The van der Waals surface area contributed by atoms with Crippen LogP contribution in [0.1, 0.15) is 6.92 Å². The SMILES string of the molecule is CCOCN(CC1CO1)c1ccc(Sc2ccc(N(CC3CO3)CC3CO3)cc2)cc1. The van der Waals surface area contributed by atoms with Crippen LogP contribution >= 0.6 is 11.8 Å². The minimum Gasteiger partial charge on any atom is -0.371 e. The van der Waals surface area contributed by atoms with Crippen LogP contribution in [0.25, 0.3) is 0 Å². The molecule has 0 aliphatic carbocycles. The highest BCUT2D eigenvalue weighted by Crippen LogP contribution is 2.32. The maximum Gasteiger partial charge on any atom is 0.119 e. The molecule has 31 heavy (non-hydrogen) atoms. The van der Waals surface area contributed by atoms with Crippen molar-refractivity contribution < 1.29 is 18.9 Å². The lowest BCUT2D eigenvalue weighted by atomic mass is 10.2. The fourth-order valence-electron chi connectivity index (χ4n) is 3.56. The van der Waals surface area contributed by atoms with Gasteiger partial charge >= 0.3 is 0 Å². The highest BCUT2D eigenvalue weighted by atomic mass is 32.2. The lowest BCUT2D eigenvalue weighted by Gasteiger charge is -2.24. The van der Waals surface area contributed by atoms with Gasteiger partial charge in [0.2, 0.25) is 0 Å². The van der Waals surface area contributed by atoms with E-state index in [4.69, 9.17) is 18.9 Å². The van der Waals surface area contributed by atoms with Crippen LogP contribution in [-0.4, -0.2) is 71.1 Å². The lowest BCUT2D eigenvalue weighted by Crippen LogP contribution is -2.31. The zero-order chi connectivity index (χ0) is 21.0. The fourth-order valence-corrected chi connectivity index (χ4v) is 4.38. The minimum atomic E-state index is 0.338. The molecule has 0 bridgehead atoms. The Morgan fingerprint density at radius 3 is 1.58 bits per heavy atom. The van der Waals surface area contributed by atoms with Crippen LogP contribution in [0.5, 0.6) is 0 Å². The van der Waals surface area contributed by atoms with Crippen LogP contribution in [0.15, 0.2) is 58.3 Å². The van der Waals surface area contributed by atoms with Crippen LogP contribution in [0.3, 0.4) is 0 Å². The van der Waals surface area contributed by atoms with Crippen molar-refractivity contribution in [2.24, 2.45) is 0 Å². The average molecular weight is 443 g/mol. The van der Waals surface area contributed by atoms with Gasteiger partial charge < -0.3 is 28.7 Å². The number of ether oxygens (including phenoxy) is 4. The third-order valence-corrected chi connectivity index (χ3v) is 6.59. The van der Waals surface area contributed by atoms with Crippen molar-refractivity contribution in [3.05, 3.63) is 48.5 Å². The molecule has 3 atom stereocenters. The van der Waals surface area contributed by atoms with Gasteiger partial charge in [0.15, 0.2) is 0 Å².